The standard InChI is InChI=1S/C16H24N2OS/c17-15-14(12-9-5-2-6-10-13(12)20-15)16(19)18-11-7-3-1-4-8-11/h11H,1-10,17H2,(H,18,19). The van der Waals surface area contributed by atoms with Gasteiger partial charge in [-0.15, -0.1) is 11.3 Å². The van der Waals surface area contributed by atoms with Crippen LogP contribution in [0.5, 0.6) is 0 Å². The zero-order valence-corrected chi connectivity index (χ0v) is 12.9. The van der Waals surface area contributed by atoms with Crippen LogP contribution in [0.15, 0.2) is 0 Å². The SMILES string of the molecule is Nc1sc2c(c1C(=O)NC1CCCCC1)CCCCC2. The van der Waals surface area contributed by atoms with E-state index in [4.69, 9.17) is 5.73 Å². The Morgan fingerprint density at radius 2 is 1.75 bits per heavy atom. The van der Waals surface area contributed by atoms with Crippen molar-refractivity contribution in [3.63, 3.8) is 0 Å². The number of hydrogen-bond donors (Lipinski definition) is 2. The van der Waals surface area contributed by atoms with Crippen LogP contribution in [0.2, 0.25) is 0 Å². The number of fused-ring (bicyclic) bond motifs is 1. The minimum absolute atomic E-state index is 0.0776. The molecule has 2 aliphatic carbocycles. The second-order valence-corrected chi connectivity index (χ2v) is 7.25. The van der Waals surface area contributed by atoms with Gasteiger partial charge < -0.3 is 11.1 Å². The van der Waals surface area contributed by atoms with Gasteiger partial charge in [-0.3, -0.25) is 4.79 Å². The van der Waals surface area contributed by atoms with Crippen LogP contribution in [-0.2, 0) is 12.8 Å². The minimum atomic E-state index is 0.0776. The van der Waals surface area contributed by atoms with E-state index in [9.17, 15) is 4.79 Å². The molecule has 1 aromatic rings. The average Bonchev–Trinajstić information content (AvgIpc) is 2.60. The van der Waals surface area contributed by atoms with Crippen molar-refractivity contribution in [1.82, 2.24) is 5.32 Å². The molecule has 1 heterocycles. The highest BCUT2D eigenvalue weighted by Crippen LogP contribution is 2.35. The fraction of sp³-hybridized carbons (Fsp3) is 0.688. The fourth-order valence-electron chi connectivity index (χ4n) is 3.52. The molecule has 4 heteroatoms. The number of nitrogen functional groups attached to an aromatic ring is 1. The highest BCUT2D eigenvalue weighted by Gasteiger charge is 2.25. The molecule has 0 aromatic carbocycles. The molecule has 0 unspecified atom stereocenters. The normalized spacial score (nSPS) is 20.2. The number of carbonyl (C=O) groups excluding carboxylic acids is 1. The van der Waals surface area contributed by atoms with Crippen LogP contribution in [-0.4, -0.2) is 11.9 Å². The largest absolute Gasteiger partial charge is 0.390 e. The number of nitrogens with one attached hydrogen (secondary N) is 1. The zero-order chi connectivity index (χ0) is 13.9. The predicted octanol–water partition coefficient (Wildman–Crippen LogP) is 3.66. The molecule has 0 atom stereocenters. The molecule has 1 amide bonds. The summed E-state index contributed by atoms with van der Waals surface area (Å²) in [5, 5.41) is 3.95. The third kappa shape index (κ3) is 2.85. The Bertz CT molecular complexity index is 489. The van der Waals surface area contributed by atoms with Crippen molar-refractivity contribution in [2.24, 2.45) is 0 Å². The van der Waals surface area contributed by atoms with E-state index in [0.717, 1.165) is 36.2 Å². The molecule has 3 nitrogen and oxygen atoms in total. The van der Waals surface area contributed by atoms with E-state index in [2.05, 4.69) is 5.32 Å². The van der Waals surface area contributed by atoms with Crippen LogP contribution in [0.25, 0.3) is 0 Å². The fourth-order valence-corrected chi connectivity index (χ4v) is 4.67. The summed E-state index contributed by atoms with van der Waals surface area (Å²) >= 11 is 1.64. The second-order valence-electron chi connectivity index (χ2n) is 6.11. The summed E-state index contributed by atoms with van der Waals surface area (Å²) in [4.78, 5) is 13.9. The van der Waals surface area contributed by atoms with Gasteiger partial charge in [-0.1, -0.05) is 25.7 Å². The lowest BCUT2D eigenvalue weighted by Crippen LogP contribution is -2.36. The molecule has 20 heavy (non-hydrogen) atoms. The van der Waals surface area contributed by atoms with Gasteiger partial charge in [-0.05, 0) is 44.1 Å². The Kier molecular flexibility index (Phi) is 4.29. The number of rotatable bonds is 2. The van der Waals surface area contributed by atoms with E-state index >= 15 is 0 Å². The number of hydrogen-bond acceptors (Lipinski definition) is 3. The van der Waals surface area contributed by atoms with Gasteiger partial charge in [0.05, 0.1) is 10.6 Å². The van der Waals surface area contributed by atoms with Gasteiger partial charge in [0.2, 0.25) is 0 Å². The van der Waals surface area contributed by atoms with E-state index in [-0.39, 0.29) is 5.91 Å². The van der Waals surface area contributed by atoms with E-state index < -0.39 is 0 Å². The van der Waals surface area contributed by atoms with Gasteiger partial charge in [0.1, 0.15) is 0 Å². The van der Waals surface area contributed by atoms with Gasteiger partial charge in [0, 0.05) is 10.9 Å². The van der Waals surface area contributed by atoms with Gasteiger partial charge in [-0.2, -0.15) is 0 Å². The second kappa shape index (κ2) is 6.17. The van der Waals surface area contributed by atoms with Crippen LogP contribution in [0.3, 0.4) is 0 Å². The van der Waals surface area contributed by atoms with E-state index in [1.807, 2.05) is 0 Å². The smallest absolute Gasteiger partial charge is 0.254 e. The zero-order valence-electron chi connectivity index (χ0n) is 12.0. The van der Waals surface area contributed by atoms with Crippen LogP contribution >= 0.6 is 11.3 Å². The molecule has 1 aromatic heterocycles. The van der Waals surface area contributed by atoms with Crippen molar-refractivity contribution in [3.8, 4) is 0 Å². The molecule has 0 bridgehead atoms. The molecular formula is C16H24N2OS. The third-order valence-electron chi connectivity index (χ3n) is 4.62. The Morgan fingerprint density at radius 1 is 1.05 bits per heavy atom. The summed E-state index contributed by atoms with van der Waals surface area (Å²) in [6.45, 7) is 0. The highest BCUT2D eigenvalue weighted by molar-refractivity contribution is 7.16. The molecule has 1 fully saturated rings. The molecule has 3 rings (SSSR count). The molecular weight excluding hydrogens is 268 g/mol. The first kappa shape index (κ1) is 13.9. The molecule has 0 saturated heterocycles. The highest BCUT2D eigenvalue weighted by atomic mass is 32.1. The number of thiophene rings is 1. The topological polar surface area (TPSA) is 55.1 Å². The number of anilines is 1. The summed E-state index contributed by atoms with van der Waals surface area (Å²) in [7, 11) is 0. The first-order valence-electron chi connectivity index (χ1n) is 7.96. The van der Waals surface area contributed by atoms with E-state index in [0.29, 0.717) is 6.04 Å². The minimum Gasteiger partial charge on any atom is -0.390 e. The molecule has 110 valence electrons. The van der Waals surface area contributed by atoms with Crippen molar-refractivity contribution < 1.29 is 4.79 Å². The van der Waals surface area contributed by atoms with Gasteiger partial charge in [0.15, 0.2) is 0 Å². The van der Waals surface area contributed by atoms with Crippen molar-refractivity contribution in [2.75, 3.05) is 5.73 Å². The molecule has 0 spiro atoms. The molecule has 0 radical (unpaired) electrons. The Balaban J connectivity index is 1.78. The van der Waals surface area contributed by atoms with Crippen LogP contribution < -0.4 is 11.1 Å². The van der Waals surface area contributed by atoms with Crippen molar-refractivity contribution in [1.29, 1.82) is 0 Å². The Morgan fingerprint density at radius 3 is 2.55 bits per heavy atom. The third-order valence-corrected chi connectivity index (χ3v) is 5.74. The van der Waals surface area contributed by atoms with Crippen molar-refractivity contribution in [2.45, 2.75) is 70.3 Å². The summed E-state index contributed by atoms with van der Waals surface area (Å²) < 4.78 is 0. The maximum Gasteiger partial charge on any atom is 0.254 e. The lowest BCUT2D eigenvalue weighted by Gasteiger charge is -2.23. The monoisotopic (exact) mass is 292 g/mol. The van der Waals surface area contributed by atoms with E-state index in [1.54, 1.807) is 11.3 Å². The molecule has 0 aliphatic heterocycles. The number of amides is 1. The van der Waals surface area contributed by atoms with Gasteiger partial charge in [0.25, 0.3) is 5.91 Å². The van der Waals surface area contributed by atoms with Gasteiger partial charge >= 0.3 is 0 Å². The van der Waals surface area contributed by atoms with Crippen LogP contribution in [0.4, 0.5) is 5.00 Å². The maximum absolute atomic E-state index is 12.6. The first-order valence-corrected chi connectivity index (χ1v) is 8.78. The van der Waals surface area contributed by atoms with Gasteiger partial charge in [-0.25, -0.2) is 0 Å². The Hall–Kier alpha value is -1.03. The molecule has 1 saturated carbocycles. The molecule has 3 N–H and O–H groups in total. The number of nitrogens with two attached hydrogens (primary N) is 1. The quantitative estimate of drug-likeness (QED) is 0.817. The predicted molar refractivity (Wildman–Crippen MR) is 84.3 cm³/mol. The summed E-state index contributed by atoms with van der Waals surface area (Å²) in [6.07, 6.45) is 11.8. The molecule has 2 aliphatic rings. The van der Waals surface area contributed by atoms with Crippen LogP contribution in [0, 0.1) is 0 Å². The number of aryl methyl sites for hydroxylation is 1. The maximum atomic E-state index is 12.6. The summed E-state index contributed by atoms with van der Waals surface area (Å²) in [6, 6.07) is 0.358. The Labute approximate surface area is 124 Å². The first-order chi connectivity index (χ1) is 9.75. The van der Waals surface area contributed by atoms with E-state index in [1.165, 1.54) is 49.0 Å². The summed E-state index contributed by atoms with van der Waals surface area (Å²) in [5.74, 6) is 0.0776. The van der Waals surface area contributed by atoms with Crippen molar-refractivity contribution >= 4 is 22.2 Å². The average molecular weight is 292 g/mol. The van der Waals surface area contributed by atoms with Crippen molar-refractivity contribution in [3.05, 3.63) is 16.0 Å². The summed E-state index contributed by atoms with van der Waals surface area (Å²) in [5.41, 5.74) is 8.19. The lowest BCUT2D eigenvalue weighted by molar-refractivity contribution is 0.0928. The van der Waals surface area contributed by atoms with Crippen LogP contribution in [0.1, 0.15) is 72.2 Å². The lowest BCUT2D eigenvalue weighted by atomic mass is 9.95. The number of carbonyl (C=O) groups is 1.